The number of hydrogen-bond donors (Lipinski definition) is 2. The van der Waals surface area contributed by atoms with Crippen LogP contribution in [0.4, 0.5) is 0 Å². The van der Waals surface area contributed by atoms with Gasteiger partial charge in [-0.25, -0.2) is 4.98 Å². The molecule has 1 amide bonds. The van der Waals surface area contributed by atoms with E-state index in [2.05, 4.69) is 10.3 Å². The van der Waals surface area contributed by atoms with Gasteiger partial charge in [-0.15, -0.1) is 11.3 Å². The van der Waals surface area contributed by atoms with E-state index in [1.165, 1.54) is 11.3 Å². The quantitative estimate of drug-likeness (QED) is 0.741. The van der Waals surface area contributed by atoms with Gasteiger partial charge in [0, 0.05) is 18.0 Å². The van der Waals surface area contributed by atoms with Gasteiger partial charge < -0.3 is 11.1 Å². The van der Waals surface area contributed by atoms with Crippen LogP contribution in [0.2, 0.25) is 0 Å². The van der Waals surface area contributed by atoms with E-state index in [-0.39, 0.29) is 5.91 Å². The Bertz CT molecular complexity index is 319. The highest BCUT2D eigenvalue weighted by atomic mass is 32.1. The third-order valence-corrected chi connectivity index (χ3v) is 2.74. The van der Waals surface area contributed by atoms with Gasteiger partial charge in [-0.2, -0.15) is 0 Å². The van der Waals surface area contributed by atoms with Crippen molar-refractivity contribution in [1.82, 2.24) is 10.3 Å². The number of thiazole rings is 1. The van der Waals surface area contributed by atoms with E-state index in [1.807, 2.05) is 0 Å². The number of aromatic nitrogens is 1. The van der Waals surface area contributed by atoms with Crippen LogP contribution in [0.3, 0.4) is 0 Å². The van der Waals surface area contributed by atoms with Crippen molar-refractivity contribution in [3.8, 4) is 0 Å². The normalized spacial score (nSPS) is 15.8. The smallest absolute Gasteiger partial charge is 0.270 e. The first-order valence-corrected chi connectivity index (χ1v) is 5.13. The van der Waals surface area contributed by atoms with Crippen LogP contribution in [0.25, 0.3) is 0 Å². The Balaban J connectivity index is 2.01. The number of carbonyl (C=O) groups excluding carboxylic acids is 1. The molecule has 0 radical (unpaired) electrons. The van der Waals surface area contributed by atoms with Gasteiger partial charge in [0.05, 0.1) is 0 Å². The Morgan fingerprint density at radius 1 is 1.77 bits per heavy atom. The number of nitrogens with two attached hydrogens (primary N) is 1. The van der Waals surface area contributed by atoms with Crippen molar-refractivity contribution in [3.63, 3.8) is 0 Å². The molecule has 70 valence electrons. The Kier molecular flexibility index (Phi) is 2.28. The molecule has 1 aliphatic carbocycles. The number of amides is 1. The predicted octanol–water partition coefficient (Wildman–Crippen LogP) is 0.494. The van der Waals surface area contributed by atoms with Crippen molar-refractivity contribution < 1.29 is 4.79 Å². The molecule has 0 saturated heterocycles. The molecule has 1 fully saturated rings. The third-order valence-electron chi connectivity index (χ3n) is 1.87. The van der Waals surface area contributed by atoms with Gasteiger partial charge in [0.25, 0.3) is 5.91 Å². The van der Waals surface area contributed by atoms with Crippen LogP contribution in [0, 0.1) is 0 Å². The zero-order valence-corrected chi connectivity index (χ0v) is 7.93. The molecule has 1 saturated carbocycles. The summed E-state index contributed by atoms with van der Waals surface area (Å²) < 4.78 is 0. The monoisotopic (exact) mass is 197 g/mol. The first-order valence-electron chi connectivity index (χ1n) is 4.25. The molecule has 0 spiro atoms. The van der Waals surface area contributed by atoms with Crippen LogP contribution in [-0.4, -0.2) is 16.9 Å². The Morgan fingerprint density at radius 3 is 3.08 bits per heavy atom. The fraction of sp³-hybridized carbons (Fsp3) is 0.500. The lowest BCUT2D eigenvalue weighted by atomic mass is 10.4. The minimum Gasteiger partial charge on any atom is -0.348 e. The minimum atomic E-state index is -0.0709. The van der Waals surface area contributed by atoms with Crippen molar-refractivity contribution in [3.05, 3.63) is 16.1 Å². The molecule has 0 aliphatic heterocycles. The molecule has 13 heavy (non-hydrogen) atoms. The van der Waals surface area contributed by atoms with E-state index in [9.17, 15) is 4.79 Å². The van der Waals surface area contributed by atoms with Gasteiger partial charge in [-0.1, -0.05) is 0 Å². The largest absolute Gasteiger partial charge is 0.348 e. The van der Waals surface area contributed by atoms with Crippen LogP contribution in [-0.2, 0) is 6.54 Å². The fourth-order valence-electron chi connectivity index (χ4n) is 0.996. The van der Waals surface area contributed by atoms with Crippen LogP contribution < -0.4 is 11.1 Å². The lowest BCUT2D eigenvalue weighted by Crippen LogP contribution is -2.25. The highest BCUT2D eigenvalue weighted by Gasteiger charge is 2.24. The highest BCUT2D eigenvalue weighted by molar-refractivity contribution is 7.09. The summed E-state index contributed by atoms with van der Waals surface area (Å²) in [6.07, 6.45) is 2.19. The standard InChI is InChI=1S/C8H11N3OS/c9-3-7-11-6(4-13-7)8(12)10-5-1-2-5/h4-5H,1-3,9H2,(H,10,12). The second kappa shape index (κ2) is 3.43. The first kappa shape index (κ1) is 8.65. The summed E-state index contributed by atoms with van der Waals surface area (Å²) >= 11 is 1.43. The molecule has 0 unspecified atom stereocenters. The maximum absolute atomic E-state index is 11.4. The molecule has 4 nitrogen and oxygen atoms in total. The fourth-order valence-corrected chi connectivity index (χ4v) is 1.65. The Morgan fingerprint density at radius 2 is 2.54 bits per heavy atom. The molecule has 5 heteroatoms. The average molecular weight is 197 g/mol. The van der Waals surface area contributed by atoms with Crippen molar-refractivity contribution in [1.29, 1.82) is 0 Å². The predicted molar refractivity (Wildman–Crippen MR) is 50.5 cm³/mol. The SMILES string of the molecule is NCc1nc(C(=O)NC2CC2)cs1. The summed E-state index contributed by atoms with van der Waals surface area (Å²) in [5.41, 5.74) is 5.89. The average Bonchev–Trinajstić information content (AvgIpc) is 2.82. The first-order chi connectivity index (χ1) is 6.29. The van der Waals surface area contributed by atoms with Crippen molar-refractivity contribution in [2.75, 3.05) is 0 Å². The van der Waals surface area contributed by atoms with Gasteiger partial charge >= 0.3 is 0 Å². The van der Waals surface area contributed by atoms with Crippen LogP contribution in [0.1, 0.15) is 28.3 Å². The minimum absolute atomic E-state index is 0.0709. The van der Waals surface area contributed by atoms with Gasteiger partial charge in [0.15, 0.2) is 0 Å². The van der Waals surface area contributed by atoms with Crippen molar-refractivity contribution in [2.45, 2.75) is 25.4 Å². The summed E-state index contributed by atoms with van der Waals surface area (Å²) in [5, 5.41) is 5.43. The zero-order chi connectivity index (χ0) is 9.26. The molecular formula is C8H11N3OS. The molecule has 1 aliphatic rings. The maximum Gasteiger partial charge on any atom is 0.270 e. The lowest BCUT2D eigenvalue weighted by Gasteiger charge is -1.97. The van der Waals surface area contributed by atoms with Crippen LogP contribution >= 0.6 is 11.3 Å². The van der Waals surface area contributed by atoms with Crippen molar-refractivity contribution in [2.24, 2.45) is 5.73 Å². The molecule has 0 aromatic carbocycles. The van der Waals surface area contributed by atoms with E-state index in [0.29, 0.717) is 18.3 Å². The second-order valence-electron chi connectivity index (χ2n) is 3.08. The lowest BCUT2D eigenvalue weighted by molar-refractivity contribution is 0.0946. The van der Waals surface area contributed by atoms with E-state index < -0.39 is 0 Å². The number of nitrogens with one attached hydrogen (secondary N) is 1. The van der Waals surface area contributed by atoms with E-state index in [4.69, 9.17) is 5.73 Å². The summed E-state index contributed by atoms with van der Waals surface area (Å²) in [7, 11) is 0. The topological polar surface area (TPSA) is 68.0 Å². The molecule has 3 N–H and O–H groups in total. The molecule has 1 aromatic heterocycles. The van der Waals surface area contributed by atoms with E-state index in [1.54, 1.807) is 5.38 Å². The van der Waals surface area contributed by atoms with Crippen LogP contribution in [0.5, 0.6) is 0 Å². The molecule has 1 heterocycles. The van der Waals surface area contributed by atoms with E-state index >= 15 is 0 Å². The van der Waals surface area contributed by atoms with E-state index in [0.717, 1.165) is 17.8 Å². The van der Waals surface area contributed by atoms with Crippen LogP contribution in [0.15, 0.2) is 5.38 Å². The van der Waals surface area contributed by atoms with Gasteiger partial charge in [0.2, 0.25) is 0 Å². The molecule has 0 bridgehead atoms. The summed E-state index contributed by atoms with van der Waals surface area (Å²) in [6.45, 7) is 0.404. The molecule has 2 rings (SSSR count). The number of carbonyl (C=O) groups is 1. The Labute approximate surface area is 80.2 Å². The highest BCUT2D eigenvalue weighted by Crippen LogP contribution is 2.19. The molecule has 0 atom stereocenters. The summed E-state index contributed by atoms with van der Waals surface area (Å²) in [4.78, 5) is 15.5. The molecule has 1 aromatic rings. The van der Waals surface area contributed by atoms with Gasteiger partial charge in [-0.05, 0) is 12.8 Å². The number of rotatable bonds is 3. The Hall–Kier alpha value is -0.940. The van der Waals surface area contributed by atoms with Crippen molar-refractivity contribution >= 4 is 17.2 Å². The second-order valence-corrected chi connectivity index (χ2v) is 4.02. The zero-order valence-electron chi connectivity index (χ0n) is 7.12. The summed E-state index contributed by atoms with van der Waals surface area (Å²) in [5.74, 6) is -0.0709. The summed E-state index contributed by atoms with van der Waals surface area (Å²) in [6, 6.07) is 0.385. The number of hydrogen-bond acceptors (Lipinski definition) is 4. The van der Waals surface area contributed by atoms with Gasteiger partial charge in [0.1, 0.15) is 10.7 Å². The maximum atomic E-state index is 11.4. The molecular weight excluding hydrogens is 186 g/mol. The number of nitrogens with zero attached hydrogens (tertiary/aromatic N) is 1. The van der Waals surface area contributed by atoms with Gasteiger partial charge in [-0.3, -0.25) is 4.79 Å². The third kappa shape index (κ3) is 2.05.